The Hall–Kier alpha value is -1.81. The largest absolute Gasteiger partial charge is 0.352 e. The van der Waals surface area contributed by atoms with Crippen LogP contribution in [0.25, 0.3) is 10.9 Å². The second-order valence-corrected chi connectivity index (χ2v) is 5.62. The SMILES string of the molecule is CCCC(C)NC(=O)Cn1ccc2cc(CNC)ccc21. The Morgan fingerprint density at radius 1 is 1.33 bits per heavy atom. The topological polar surface area (TPSA) is 46.1 Å². The van der Waals surface area contributed by atoms with Crippen LogP contribution >= 0.6 is 0 Å². The van der Waals surface area contributed by atoms with Gasteiger partial charge < -0.3 is 15.2 Å². The summed E-state index contributed by atoms with van der Waals surface area (Å²) in [6, 6.07) is 8.67. The van der Waals surface area contributed by atoms with Gasteiger partial charge in [-0.15, -0.1) is 0 Å². The first-order chi connectivity index (χ1) is 10.1. The van der Waals surface area contributed by atoms with Crippen LogP contribution in [0.3, 0.4) is 0 Å². The van der Waals surface area contributed by atoms with Crippen LogP contribution in [0.5, 0.6) is 0 Å². The van der Waals surface area contributed by atoms with E-state index in [2.05, 4.69) is 48.7 Å². The van der Waals surface area contributed by atoms with E-state index in [1.54, 1.807) is 0 Å². The lowest BCUT2D eigenvalue weighted by atomic mass is 10.1. The Labute approximate surface area is 126 Å². The summed E-state index contributed by atoms with van der Waals surface area (Å²) < 4.78 is 2.01. The molecule has 0 fully saturated rings. The minimum atomic E-state index is 0.0766. The van der Waals surface area contributed by atoms with E-state index in [9.17, 15) is 4.79 Å². The number of nitrogens with zero attached hydrogens (tertiary/aromatic N) is 1. The van der Waals surface area contributed by atoms with Crippen LogP contribution in [0.4, 0.5) is 0 Å². The molecule has 21 heavy (non-hydrogen) atoms. The van der Waals surface area contributed by atoms with Gasteiger partial charge in [-0.3, -0.25) is 4.79 Å². The minimum absolute atomic E-state index is 0.0766. The van der Waals surface area contributed by atoms with Gasteiger partial charge in [0.05, 0.1) is 0 Å². The van der Waals surface area contributed by atoms with Crippen LogP contribution in [0.2, 0.25) is 0 Å². The predicted molar refractivity (Wildman–Crippen MR) is 87.2 cm³/mol. The molecule has 0 bridgehead atoms. The normalized spacial score (nSPS) is 12.5. The Bertz CT molecular complexity index is 603. The number of benzene rings is 1. The van der Waals surface area contributed by atoms with Crippen molar-refractivity contribution in [3.8, 4) is 0 Å². The van der Waals surface area contributed by atoms with E-state index in [4.69, 9.17) is 0 Å². The molecule has 1 unspecified atom stereocenters. The van der Waals surface area contributed by atoms with Crippen molar-refractivity contribution < 1.29 is 4.79 Å². The highest BCUT2D eigenvalue weighted by Gasteiger charge is 2.09. The van der Waals surface area contributed by atoms with Crippen molar-refractivity contribution in [2.45, 2.75) is 45.8 Å². The lowest BCUT2D eigenvalue weighted by Gasteiger charge is -2.13. The highest BCUT2D eigenvalue weighted by atomic mass is 16.2. The summed E-state index contributed by atoms with van der Waals surface area (Å²) in [5.41, 5.74) is 2.36. The number of rotatable bonds is 7. The van der Waals surface area contributed by atoms with Crippen LogP contribution in [0, 0.1) is 0 Å². The molecule has 4 heteroatoms. The van der Waals surface area contributed by atoms with Crippen molar-refractivity contribution in [1.29, 1.82) is 0 Å². The number of hydrogen-bond donors (Lipinski definition) is 2. The van der Waals surface area contributed by atoms with Crippen molar-refractivity contribution in [2.24, 2.45) is 0 Å². The van der Waals surface area contributed by atoms with Crippen molar-refractivity contribution in [2.75, 3.05) is 7.05 Å². The van der Waals surface area contributed by atoms with Gasteiger partial charge in [0, 0.05) is 24.3 Å². The van der Waals surface area contributed by atoms with E-state index in [1.807, 2.05) is 17.8 Å². The summed E-state index contributed by atoms with van der Waals surface area (Å²) in [6.07, 6.45) is 4.09. The number of carbonyl (C=O) groups is 1. The number of nitrogens with one attached hydrogen (secondary N) is 2. The lowest BCUT2D eigenvalue weighted by molar-refractivity contribution is -0.122. The van der Waals surface area contributed by atoms with Gasteiger partial charge in [-0.2, -0.15) is 0 Å². The molecule has 1 amide bonds. The van der Waals surface area contributed by atoms with Gasteiger partial charge in [-0.05, 0) is 49.5 Å². The summed E-state index contributed by atoms with van der Waals surface area (Å²) in [6.45, 7) is 5.42. The smallest absolute Gasteiger partial charge is 0.240 e. The first kappa shape index (κ1) is 15.6. The molecule has 0 saturated heterocycles. The third kappa shape index (κ3) is 4.08. The summed E-state index contributed by atoms with van der Waals surface area (Å²) in [5, 5.41) is 7.37. The Balaban J connectivity index is 2.07. The average Bonchev–Trinajstić information content (AvgIpc) is 2.81. The molecule has 1 aromatic heterocycles. The van der Waals surface area contributed by atoms with Gasteiger partial charge in [0.25, 0.3) is 0 Å². The van der Waals surface area contributed by atoms with Gasteiger partial charge in [0.1, 0.15) is 6.54 Å². The summed E-state index contributed by atoms with van der Waals surface area (Å²) in [4.78, 5) is 12.1. The van der Waals surface area contributed by atoms with Crippen LogP contribution in [-0.2, 0) is 17.9 Å². The third-order valence-corrected chi connectivity index (χ3v) is 3.66. The van der Waals surface area contributed by atoms with E-state index >= 15 is 0 Å². The second kappa shape index (κ2) is 7.27. The standard InChI is InChI=1S/C17H25N3O/c1-4-5-13(2)19-17(21)12-20-9-8-15-10-14(11-18-3)6-7-16(15)20/h6-10,13,18H,4-5,11-12H2,1-3H3,(H,19,21). The fourth-order valence-corrected chi connectivity index (χ4v) is 2.68. The zero-order valence-corrected chi connectivity index (χ0v) is 13.1. The molecule has 0 spiro atoms. The van der Waals surface area contributed by atoms with E-state index < -0.39 is 0 Å². The first-order valence-corrected chi connectivity index (χ1v) is 7.65. The van der Waals surface area contributed by atoms with Crippen LogP contribution in [0.1, 0.15) is 32.3 Å². The molecule has 0 aliphatic rings. The van der Waals surface area contributed by atoms with E-state index in [0.717, 1.165) is 24.9 Å². The first-order valence-electron chi connectivity index (χ1n) is 7.65. The molecule has 114 valence electrons. The molecule has 2 aromatic rings. The molecule has 0 radical (unpaired) electrons. The van der Waals surface area contributed by atoms with Gasteiger partial charge in [0.15, 0.2) is 0 Å². The highest BCUT2D eigenvalue weighted by molar-refractivity contribution is 5.83. The van der Waals surface area contributed by atoms with E-state index in [1.165, 1.54) is 10.9 Å². The number of fused-ring (bicyclic) bond motifs is 1. The Morgan fingerprint density at radius 2 is 2.14 bits per heavy atom. The molecule has 2 N–H and O–H groups in total. The van der Waals surface area contributed by atoms with E-state index in [-0.39, 0.29) is 11.9 Å². The highest BCUT2D eigenvalue weighted by Crippen LogP contribution is 2.17. The Kier molecular flexibility index (Phi) is 5.39. The predicted octanol–water partition coefficient (Wildman–Crippen LogP) is 2.67. The Morgan fingerprint density at radius 3 is 2.86 bits per heavy atom. The zero-order valence-electron chi connectivity index (χ0n) is 13.1. The van der Waals surface area contributed by atoms with Gasteiger partial charge >= 0.3 is 0 Å². The van der Waals surface area contributed by atoms with Gasteiger partial charge in [-0.25, -0.2) is 0 Å². The van der Waals surface area contributed by atoms with Gasteiger partial charge in [-0.1, -0.05) is 19.4 Å². The van der Waals surface area contributed by atoms with E-state index in [0.29, 0.717) is 6.54 Å². The van der Waals surface area contributed by atoms with Crippen molar-refractivity contribution in [3.05, 3.63) is 36.0 Å². The average molecular weight is 287 g/mol. The lowest BCUT2D eigenvalue weighted by Crippen LogP contribution is -2.34. The van der Waals surface area contributed by atoms with Gasteiger partial charge in [0.2, 0.25) is 5.91 Å². The third-order valence-electron chi connectivity index (χ3n) is 3.66. The molecule has 4 nitrogen and oxygen atoms in total. The van der Waals surface area contributed by atoms with Crippen LogP contribution in [0.15, 0.2) is 30.5 Å². The monoisotopic (exact) mass is 287 g/mol. The molecular formula is C17H25N3O. The van der Waals surface area contributed by atoms with Crippen molar-refractivity contribution >= 4 is 16.8 Å². The van der Waals surface area contributed by atoms with Crippen LogP contribution in [-0.4, -0.2) is 23.6 Å². The number of amides is 1. The molecule has 2 rings (SSSR count). The second-order valence-electron chi connectivity index (χ2n) is 5.62. The van der Waals surface area contributed by atoms with Crippen molar-refractivity contribution in [3.63, 3.8) is 0 Å². The molecule has 0 saturated carbocycles. The number of aromatic nitrogens is 1. The molecule has 1 atom stereocenters. The summed E-state index contributed by atoms with van der Waals surface area (Å²) >= 11 is 0. The fourth-order valence-electron chi connectivity index (χ4n) is 2.68. The molecule has 0 aliphatic heterocycles. The maximum absolute atomic E-state index is 12.1. The molecule has 1 aromatic carbocycles. The molecular weight excluding hydrogens is 262 g/mol. The van der Waals surface area contributed by atoms with Crippen molar-refractivity contribution in [1.82, 2.24) is 15.2 Å². The summed E-state index contributed by atoms with van der Waals surface area (Å²) in [7, 11) is 1.94. The number of hydrogen-bond acceptors (Lipinski definition) is 2. The summed E-state index contributed by atoms with van der Waals surface area (Å²) in [5.74, 6) is 0.0766. The fraction of sp³-hybridized carbons (Fsp3) is 0.471. The minimum Gasteiger partial charge on any atom is -0.352 e. The number of carbonyl (C=O) groups excluding carboxylic acids is 1. The molecule has 0 aliphatic carbocycles. The maximum Gasteiger partial charge on any atom is 0.240 e. The zero-order chi connectivity index (χ0) is 15.2. The maximum atomic E-state index is 12.1. The quantitative estimate of drug-likeness (QED) is 0.822. The molecule has 1 heterocycles. The van der Waals surface area contributed by atoms with Crippen LogP contribution < -0.4 is 10.6 Å².